The molecule has 0 radical (unpaired) electrons. The van der Waals surface area contributed by atoms with Gasteiger partial charge in [-0.3, -0.25) is 4.79 Å². The lowest BCUT2D eigenvalue weighted by atomic mass is 9.82. The molecule has 130 valence electrons. The molecule has 0 aliphatic carbocycles. The maximum absolute atomic E-state index is 12.5. The summed E-state index contributed by atoms with van der Waals surface area (Å²) in [6.45, 7) is 7.71. The van der Waals surface area contributed by atoms with E-state index in [1.807, 2.05) is 6.07 Å². The molecule has 1 aromatic rings. The molecule has 4 nitrogen and oxygen atoms in total. The van der Waals surface area contributed by atoms with E-state index >= 15 is 0 Å². The zero-order valence-electron chi connectivity index (χ0n) is 14.5. The fraction of sp³-hybridized carbons (Fsp3) is 0.611. The quantitative estimate of drug-likeness (QED) is 0.836. The van der Waals surface area contributed by atoms with Crippen molar-refractivity contribution in [2.24, 2.45) is 5.41 Å². The molecule has 0 saturated carbocycles. The van der Waals surface area contributed by atoms with Crippen LogP contribution < -0.4 is 10.6 Å². The molecule has 5 heteroatoms. The van der Waals surface area contributed by atoms with Crippen molar-refractivity contribution in [3.8, 4) is 0 Å². The Morgan fingerprint density at radius 3 is 2.70 bits per heavy atom. The molecule has 1 aliphatic heterocycles. The van der Waals surface area contributed by atoms with Crippen LogP contribution in [0.5, 0.6) is 0 Å². The highest BCUT2D eigenvalue weighted by Gasteiger charge is 2.35. The minimum atomic E-state index is -0.259. The number of amides is 1. The first kappa shape index (κ1) is 19.9. The topological polar surface area (TPSA) is 44.4 Å². The third kappa shape index (κ3) is 6.13. The Balaban J connectivity index is 0.00000264. The van der Waals surface area contributed by atoms with Crippen molar-refractivity contribution in [3.05, 3.63) is 35.9 Å². The van der Waals surface area contributed by atoms with Crippen LogP contribution in [0.3, 0.4) is 0 Å². The number of nitrogens with one attached hydrogen (secondary N) is 2. The number of benzene rings is 1. The maximum Gasteiger partial charge on any atom is 0.227 e. The normalized spacial score (nSPS) is 22.3. The second-order valence-corrected chi connectivity index (χ2v) is 6.90. The molecule has 1 heterocycles. The van der Waals surface area contributed by atoms with Gasteiger partial charge in [0.05, 0.1) is 5.41 Å². The zero-order valence-corrected chi connectivity index (χ0v) is 15.3. The fourth-order valence-corrected chi connectivity index (χ4v) is 3.12. The summed E-state index contributed by atoms with van der Waals surface area (Å²) in [7, 11) is 2.10. The van der Waals surface area contributed by atoms with Crippen molar-refractivity contribution >= 4 is 18.3 Å². The van der Waals surface area contributed by atoms with Crippen LogP contribution in [0.15, 0.2) is 30.3 Å². The van der Waals surface area contributed by atoms with Gasteiger partial charge in [-0.25, -0.2) is 0 Å². The third-order valence-corrected chi connectivity index (χ3v) is 4.40. The molecule has 2 rings (SSSR count). The number of hydrogen-bond acceptors (Lipinski definition) is 3. The van der Waals surface area contributed by atoms with Crippen LogP contribution in [0.25, 0.3) is 0 Å². The molecule has 1 saturated heterocycles. The number of carbonyl (C=O) groups excluding carboxylic acids is 1. The Bertz CT molecular complexity index is 474. The number of piperidine rings is 1. The lowest BCUT2D eigenvalue weighted by Crippen LogP contribution is -2.52. The Kier molecular flexibility index (Phi) is 8.03. The third-order valence-electron chi connectivity index (χ3n) is 4.40. The van der Waals surface area contributed by atoms with Gasteiger partial charge in [0, 0.05) is 25.7 Å². The summed E-state index contributed by atoms with van der Waals surface area (Å²) in [4.78, 5) is 14.8. The van der Waals surface area contributed by atoms with Crippen LogP contribution in [-0.4, -0.2) is 43.5 Å². The van der Waals surface area contributed by atoms with E-state index in [-0.39, 0.29) is 29.8 Å². The first-order valence-electron chi connectivity index (χ1n) is 8.24. The van der Waals surface area contributed by atoms with Gasteiger partial charge in [0.1, 0.15) is 0 Å². The average Bonchev–Trinajstić information content (AvgIpc) is 2.48. The second-order valence-electron chi connectivity index (χ2n) is 6.90. The van der Waals surface area contributed by atoms with Gasteiger partial charge < -0.3 is 15.5 Å². The minimum Gasteiger partial charge on any atom is -0.352 e. The van der Waals surface area contributed by atoms with Crippen molar-refractivity contribution < 1.29 is 4.79 Å². The molecule has 2 atom stereocenters. The standard InChI is InChI=1S/C18H29N3O.ClH/c1-15(12-21(3)13-16-8-5-4-6-9-16)20-17(22)18(2)10-7-11-19-14-18;/h4-6,8-9,15,19H,7,10-14H2,1-3H3,(H,20,22);1H. The van der Waals surface area contributed by atoms with Gasteiger partial charge >= 0.3 is 0 Å². The smallest absolute Gasteiger partial charge is 0.227 e. The summed E-state index contributed by atoms with van der Waals surface area (Å²) in [5, 5.41) is 6.52. The molecule has 1 fully saturated rings. The summed E-state index contributed by atoms with van der Waals surface area (Å²) in [5.74, 6) is 0.181. The highest BCUT2D eigenvalue weighted by Crippen LogP contribution is 2.25. The van der Waals surface area contributed by atoms with Gasteiger partial charge in [0.15, 0.2) is 0 Å². The van der Waals surface area contributed by atoms with Gasteiger partial charge in [0.25, 0.3) is 0 Å². The van der Waals surface area contributed by atoms with Gasteiger partial charge in [0.2, 0.25) is 5.91 Å². The van der Waals surface area contributed by atoms with Gasteiger partial charge in [-0.05, 0) is 45.8 Å². The molecule has 2 N–H and O–H groups in total. The van der Waals surface area contributed by atoms with Crippen molar-refractivity contribution in [2.45, 2.75) is 39.3 Å². The van der Waals surface area contributed by atoms with E-state index in [1.165, 1.54) is 5.56 Å². The predicted octanol–water partition coefficient (Wildman–Crippen LogP) is 2.43. The SMILES string of the molecule is CC(CN(C)Cc1ccccc1)NC(=O)C1(C)CCCNC1.Cl. The number of likely N-dealkylation sites (N-methyl/N-ethyl adjacent to an activating group) is 1. The lowest BCUT2D eigenvalue weighted by Gasteiger charge is -2.34. The van der Waals surface area contributed by atoms with Crippen molar-refractivity contribution in [1.29, 1.82) is 0 Å². The molecule has 1 aromatic carbocycles. The number of nitrogens with zero attached hydrogens (tertiary/aromatic N) is 1. The molecule has 1 aliphatic rings. The van der Waals surface area contributed by atoms with Gasteiger partial charge in [-0.15, -0.1) is 12.4 Å². The maximum atomic E-state index is 12.5. The molecule has 23 heavy (non-hydrogen) atoms. The Morgan fingerprint density at radius 2 is 2.09 bits per heavy atom. The summed E-state index contributed by atoms with van der Waals surface area (Å²) in [5.41, 5.74) is 1.04. The Labute approximate surface area is 146 Å². The molecular weight excluding hydrogens is 310 g/mol. The predicted molar refractivity (Wildman–Crippen MR) is 97.8 cm³/mol. The van der Waals surface area contributed by atoms with Crippen LogP contribution >= 0.6 is 12.4 Å². The van der Waals surface area contributed by atoms with E-state index in [2.05, 4.69) is 60.7 Å². The van der Waals surface area contributed by atoms with Gasteiger partial charge in [-0.1, -0.05) is 30.3 Å². The first-order chi connectivity index (χ1) is 10.5. The fourth-order valence-electron chi connectivity index (χ4n) is 3.12. The molecular formula is C18H30ClN3O. The van der Waals surface area contributed by atoms with E-state index in [0.29, 0.717) is 0 Å². The number of hydrogen-bond donors (Lipinski definition) is 2. The van der Waals surface area contributed by atoms with Crippen LogP contribution in [0.1, 0.15) is 32.3 Å². The average molecular weight is 340 g/mol. The molecule has 2 unspecified atom stereocenters. The van der Waals surface area contributed by atoms with E-state index < -0.39 is 0 Å². The number of carbonyl (C=O) groups is 1. The lowest BCUT2D eigenvalue weighted by molar-refractivity contribution is -0.131. The minimum absolute atomic E-state index is 0. The molecule has 0 aromatic heterocycles. The zero-order chi connectivity index (χ0) is 16.0. The summed E-state index contributed by atoms with van der Waals surface area (Å²) < 4.78 is 0. The van der Waals surface area contributed by atoms with E-state index in [1.54, 1.807) is 0 Å². The summed E-state index contributed by atoms with van der Waals surface area (Å²) in [6.07, 6.45) is 2.05. The number of rotatable bonds is 6. The molecule has 0 bridgehead atoms. The van der Waals surface area contributed by atoms with Crippen molar-refractivity contribution in [2.75, 3.05) is 26.7 Å². The number of halogens is 1. The largest absolute Gasteiger partial charge is 0.352 e. The van der Waals surface area contributed by atoms with E-state index in [4.69, 9.17) is 0 Å². The summed E-state index contributed by atoms with van der Waals surface area (Å²) >= 11 is 0. The highest BCUT2D eigenvalue weighted by molar-refractivity contribution is 5.85. The van der Waals surface area contributed by atoms with Gasteiger partial charge in [-0.2, -0.15) is 0 Å². The summed E-state index contributed by atoms with van der Waals surface area (Å²) in [6, 6.07) is 10.6. The molecule has 1 amide bonds. The monoisotopic (exact) mass is 339 g/mol. The van der Waals surface area contributed by atoms with E-state index in [0.717, 1.165) is 39.0 Å². The van der Waals surface area contributed by atoms with Crippen LogP contribution in [0.2, 0.25) is 0 Å². The van der Waals surface area contributed by atoms with Crippen molar-refractivity contribution in [3.63, 3.8) is 0 Å². The van der Waals surface area contributed by atoms with Crippen LogP contribution in [-0.2, 0) is 11.3 Å². The van der Waals surface area contributed by atoms with Crippen LogP contribution in [0, 0.1) is 5.41 Å². The highest BCUT2D eigenvalue weighted by atomic mass is 35.5. The Hall–Kier alpha value is -1.10. The molecule has 0 spiro atoms. The first-order valence-corrected chi connectivity index (χ1v) is 8.24. The second kappa shape index (κ2) is 9.26. The van der Waals surface area contributed by atoms with Crippen LogP contribution in [0.4, 0.5) is 0 Å². The Morgan fingerprint density at radius 1 is 1.39 bits per heavy atom. The van der Waals surface area contributed by atoms with Crippen molar-refractivity contribution in [1.82, 2.24) is 15.5 Å². The van der Waals surface area contributed by atoms with E-state index in [9.17, 15) is 4.79 Å².